The smallest absolute Gasteiger partial charge is 0.252 e. The van der Waals surface area contributed by atoms with E-state index in [9.17, 15) is 9.00 Å². The molecule has 0 spiro atoms. The maximum absolute atomic E-state index is 12.2. The van der Waals surface area contributed by atoms with Crippen molar-refractivity contribution in [3.63, 3.8) is 0 Å². The molecule has 4 heteroatoms. The molecule has 0 heterocycles. The Bertz CT molecular complexity index is 626. The van der Waals surface area contributed by atoms with E-state index in [4.69, 9.17) is 0 Å². The summed E-state index contributed by atoms with van der Waals surface area (Å²) in [5.41, 5.74) is 1.69. The third kappa shape index (κ3) is 4.26. The van der Waals surface area contributed by atoms with Gasteiger partial charge in [-0.15, -0.1) is 0 Å². The molecule has 0 radical (unpaired) electrons. The quantitative estimate of drug-likeness (QED) is 0.892. The van der Waals surface area contributed by atoms with Gasteiger partial charge in [0.1, 0.15) is 0 Å². The minimum absolute atomic E-state index is 0.164. The van der Waals surface area contributed by atoms with Crippen molar-refractivity contribution in [1.29, 1.82) is 0 Å². The molecule has 0 bridgehead atoms. The van der Waals surface area contributed by atoms with Crippen molar-refractivity contribution in [2.45, 2.75) is 18.2 Å². The molecule has 21 heavy (non-hydrogen) atoms. The molecule has 0 aliphatic rings. The summed E-state index contributed by atoms with van der Waals surface area (Å²) in [6, 6.07) is 17.1. The summed E-state index contributed by atoms with van der Waals surface area (Å²) in [7, 11) is -1.12. The minimum Gasteiger partial charge on any atom is -0.352 e. The van der Waals surface area contributed by atoms with Crippen LogP contribution in [0.1, 0.15) is 22.8 Å². The second-order valence-corrected chi connectivity index (χ2v) is 6.33. The number of carbonyl (C=O) groups excluding carboxylic acids is 1. The predicted octanol–water partition coefficient (Wildman–Crippen LogP) is 2.79. The number of rotatable bonds is 6. The zero-order valence-electron chi connectivity index (χ0n) is 12.0. The maximum Gasteiger partial charge on any atom is 0.252 e. The van der Waals surface area contributed by atoms with E-state index in [1.54, 1.807) is 18.2 Å². The van der Waals surface area contributed by atoms with E-state index in [-0.39, 0.29) is 5.91 Å². The molecule has 1 N–H and O–H groups in total. The first-order chi connectivity index (χ1) is 10.2. The van der Waals surface area contributed by atoms with Gasteiger partial charge in [-0.1, -0.05) is 49.4 Å². The number of nitrogens with one attached hydrogen (secondary N) is 1. The molecule has 110 valence electrons. The highest BCUT2D eigenvalue weighted by molar-refractivity contribution is 7.85. The fourth-order valence-electron chi connectivity index (χ4n) is 2.07. The van der Waals surface area contributed by atoms with Gasteiger partial charge in [-0.05, 0) is 24.1 Å². The van der Waals surface area contributed by atoms with Crippen LogP contribution < -0.4 is 5.32 Å². The van der Waals surface area contributed by atoms with Gasteiger partial charge in [0.2, 0.25) is 0 Å². The summed E-state index contributed by atoms with van der Waals surface area (Å²) in [5, 5.41) is 2.89. The third-order valence-electron chi connectivity index (χ3n) is 3.18. The molecule has 2 aromatic carbocycles. The number of benzene rings is 2. The van der Waals surface area contributed by atoms with Crippen molar-refractivity contribution in [1.82, 2.24) is 5.32 Å². The molecule has 0 unspecified atom stereocenters. The zero-order chi connectivity index (χ0) is 15.1. The van der Waals surface area contributed by atoms with Gasteiger partial charge >= 0.3 is 0 Å². The predicted molar refractivity (Wildman–Crippen MR) is 85.9 cm³/mol. The SMILES string of the molecule is CC[S@@](=O)c1ccccc1C(=O)NCCc1ccccc1. The molecule has 1 atom stereocenters. The number of hydrogen-bond donors (Lipinski definition) is 1. The molecule has 0 aliphatic carbocycles. The fourth-order valence-corrected chi connectivity index (χ4v) is 3.02. The Balaban J connectivity index is 1.99. The third-order valence-corrected chi connectivity index (χ3v) is 4.55. The van der Waals surface area contributed by atoms with Crippen molar-refractivity contribution in [3.8, 4) is 0 Å². The second kappa shape index (κ2) is 7.74. The van der Waals surface area contributed by atoms with Crippen LogP contribution in [0.25, 0.3) is 0 Å². The first kappa shape index (κ1) is 15.4. The molecule has 2 rings (SSSR count). The number of carbonyl (C=O) groups is 1. The van der Waals surface area contributed by atoms with E-state index in [2.05, 4.69) is 5.32 Å². The van der Waals surface area contributed by atoms with Crippen molar-refractivity contribution in [3.05, 3.63) is 65.7 Å². The van der Waals surface area contributed by atoms with Crippen LogP contribution in [0.2, 0.25) is 0 Å². The van der Waals surface area contributed by atoms with Crippen LogP contribution in [-0.2, 0) is 17.2 Å². The lowest BCUT2D eigenvalue weighted by Gasteiger charge is -2.09. The van der Waals surface area contributed by atoms with Crippen LogP contribution >= 0.6 is 0 Å². The Morgan fingerprint density at radius 2 is 1.71 bits per heavy atom. The standard InChI is InChI=1S/C17H19NO2S/c1-2-21(20)16-11-7-6-10-15(16)17(19)18-13-12-14-8-4-3-5-9-14/h3-11H,2,12-13H2,1H3,(H,18,19)/t21-/m1/s1. The first-order valence-corrected chi connectivity index (χ1v) is 8.33. The average Bonchev–Trinajstić information content (AvgIpc) is 2.55. The highest BCUT2D eigenvalue weighted by atomic mass is 32.2. The monoisotopic (exact) mass is 301 g/mol. The van der Waals surface area contributed by atoms with Gasteiger partial charge in [0, 0.05) is 12.3 Å². The van der Waals surface area contributed by atoms with Crippen molar-refractivity contribution >= 4 is 16.7 Å². The topological polar surface area (TPSA) is 46.2 Å². The second-order valence-electron chi connectivity index (χ2n) is 4.62. The van der Waals surface area contributed by atoms with E-state index >= 15 is 0 Å². The van der Waals surface area contributed by atoms with Crippen LogP contribution in [0, 0.1) is 0 Å². The molecule has 0 saturated carbocycles. The lowest BCUT2D eigenvalue weighted by Crippen LogP contribution is -2.26. The van der Waals surface area contributed by atoms with E-state index < -0.39 is 10.8 Å². The molecule has 0 aliphatic heterocycles. The van der Waals surface area contributed by atoms with Gasteiger partial charge < -0.3 is 5.32 Å². The fraction of sp³-hybridized carbons (Fsp3) is 0.235. The summed E-state index contributed by atoms with van der Waals surface area (Å²) in [6.45, 7) is 2.41. The number of hydrogen-bond acceptors (Lipinski definition) is 2. The normalized spacial score (nSPS) is 11.9. The van der Waals surface area contributed by atoms with Gasteiger partial charge in [-0.3, -0.25) is 9.00 Å². The van der Waals surface area contributed by atoms with Crippen molar-refractivity contribution < 1.29 is 9.00 Å². The molecular weight excluding hydrogens is 282 g/mol. The van der Waals surface area contributed by atoms with Crippen LogP contribution in [-0.4, -0.2) is 22.4 Å². The Hall–Kier alpha value is -1.94. The lowest BCUT2D eigenvalue weighted by molar-refractivity contribution is 0.0951. The Morgan fingerprint density at radius 3 is 2.43 bits per heavy atom. The van der Waals surface area contributed by atoms with Gasteiger partial charge in [-0.25, -0.2) is 0 Å². The summed E-state index contributed by atoms with van der Waals surface area (Å²) >= 11 is 0. The average molecular weight is 301 g/mol. The van der Waals surface area contributed by atoms with Gasteiger partial charge in [0.15, 0.2) is 0 Å². The first-order valence-electron chi connectivity index (χ1n) is 7.02. The van der Waals surface area contributed by atoms with Crippen LogP contribution in [0.5, 0.6) is 0 Å². The molecule has 0 fully saturated rings. The Kier molecular flexibility index (Phi) is 5.69. The molecule has 0 saturated heterocycles. The van der Waals surface area contributed by atoms with Gasteiger partial charge in [-0.2, -0.15) is 0 Å². The summed E-state index contributed by atoms with van der Waals surface area (Å²) in [5.74, 6) is 0.345. The molecule has 1 amide bonds. The van der Waals surface area contributed by atoms with Gasteiger partial charge in [0.25, 0.3) is 5.91 Å². The minimum atomic E-state index is -1.12. The van der Waals surface area contributed by atoms with E-state index in [1.807, 2.05) is 43.3 Å². The van der Waals surface area contributed by atoms with Crippen LogP contribution in [0.4, 0.5) is 0 Å². The largest absolute Gasteiger partial charge is 0.352 e. The van der Waals surface area contributed by atoms with E-state index in [0.29, 0.717) is 22.8 Å². The Labute approximate surface area is 127 Å². The molecule has 0 aromatic heterocycles. The molecule has 2 aromatic rings. The Morgan fingerprint density at radius 1 is 1.05 bits per heavy atom. The zero-order valence-corrected chi connectivity index (χ0v) is 12.9. The molecule has 3 nitrogen and oxygen atoms in total. The summed E-state index contributed by atoms with van der Waals surface area (Å²) < 4.78 is 12.0. The lowest BCUT2D eigenvalue weighted by atomic mass is 10.1. The molecular formula is C17H19NO2S. The maximum atomic E-state index is 12.2. The summed E-state index contributed by atoms with van der Waals surface area (Å²) in [4.78, 5) is 12.8. The summed E-state index contributed by atoms with van der Waals surface area (Å²) in [6.07, 6.45) is 0.783. The van der Waals surface area contributed by atoms with E-state index in [0.717, 1.165) is 6.42 Å². The van der Waals surface area contributed by atoms with Crippen LogP contribution in [0.15, 0.2) is 59.5 Å². The van der Waals surface area contributed by atoms with E-state index in [1.165, 1.54) is 5.56 Å². The number of amides is 1. The van der Waals surface area contributed by atoms with Gasteiger partial charge in [0.05, 0.1) is 21.3 Å². The van der Waals surface area contributed by atoms with Crippen molar-refractivity contribution in [2.75, 3.05) is 12.3 Å². The highest BCUT2D eigenvalue weighted by Crippen LogP contribution is 2.13. The van der Waals surface area contributed by atoms with Crippen LogP contribution in [0.3, 0.4) is 0 Å². The van der Waals surface area contributed by atoms with Crippen molar-refractivity contribution in [2.24, 2.45) is 0 Å². The highest BCUT2D eigenvalue weighted by Gasteiger charge is 2.13.